The molecule has 1 aliphatic rings. The molecule has 1 amide bonds. The molecule has 1 aliphatic carbocycles. The zero-order valence-corrected chi connectivity index (χ0v) is 18.6. The summed E-state index contributed by atoms with van der Waals surface area (Å²) in [5.41, 5.74) is 0.749. The second-order valence-corrected chi connectivity index (χ2v) is 8.28. The normalized spacial score (nSPS) is 18.1. The lowest BCUT2D eigenvalue weighted by Gasteiger charge is -2.27. The van der Waals surface area contributed by atoms with E-state index in [1.165, 1.54) is 18.2 Å². The molecule has 11 heteroatoms. The van der Waals surface area contributed by atoms with Gasteiger partial charge in [0.05, 0.1) is 18.9 Å². The molecule has 2 N–H and O–H groups in total. The van der Waals surface area contributed by atoms with Gasteiger partial charge in [-0.25, -0.2) is 14.0 Å². The van der Waals surface area contributed by atoms with Gasteiger partial charge in [-0.3, -0.25) is 5.32 Å². The molecule has 0 spiro atoms. The Morgan fingerprint density at radius 1 is 0.971 bits per heavy atom. The monoisotopic (exact) mass is 499 g/mol. The third-order valence-corrected chi connectivity index (χ3v) is 5.61. The summed E-state index contributed by atoms with van der Waals surface area (Å²) >= 11 is 0. The second-order valence-electron chi connectivity index (χ2n) is 8.28. The molecular formula is C24H25F4NO6. The van der Waals surface area contributed by atoms with Crippen LogP contribution >= 0.6 is 0 Å². The molecule has 0 heterocycles. The summed E-state index contributed by atoms with van der Waals surface area (Å²) in [6.45, 7) is 0.211. The van der Waals surface area contributed by atoms with Crippen molar-refractivity contribution < 1.29 is 46.5 Å². The smallest absolute Gasteiger partial charge is 0.480 e. The number of halogens is 4. The molecule has 0 aliphatic heterocycles. The van der Waals surface area contributed by atoms with E-state index < -0.39 is 30.0 Å². The quantitative estimate of drug-likeness (QED) is 0.421. The van der Waals surface area contributed by atoms with Crippen LogP contribution in [-0.2, 0) is 14.3 Å². The van der Waals surface area contributed by atoms with Gasteiger partial charge in [-0.2, -0.15) is 0 Å². The van der Waals surface area contributed by atoms with E-state index in [1.54, 1.807) is 0 Å². The summed E-state index contributed by atoms with van der Waals surface area (Å²) in [6, 6.07) is 8.46. The Balaban J connectivity index is 1.57. The molecule has 0 aromatic heterocycles. The number of carboxylic acids is 1. The van der Waals surface area contributed by atoms with Crippen molar-refractivity contribution >= 4 is 17.7 Å². The Kier molecular flexibility index (Phi) is 8.91. The van der Waals surface area contributed by atoms with Crippen molar-refractivity contribution in [2.45, 2.75) is 32.0 Å². The zero-order chi connectivity index (χ0) is 25.4. The van der Waals surface area contributed by atoms with Crippen LogP contribution in [0.15, 0.2) is 42.5 Å². The molecule has 0 radical (unpaired) electrons. The van der Waals surface area contributed by atoms with E-state index in [1.807, 2.05) is 0 Å². The number of nitrogens with one attached hydrogen (secondary N) is 1. The van der Waals surface area contributed by atoms with Crippen LogP contribution < -0.4 is 10.1 Å². The average molecular weight is 499 g/mol. The van der Waals surface area contributed by atoms with Gasteiger partial charge >= 0.3 is 18.4 Å². The zero-order valence-electron chi connectivity index (χ0n) is 18.6. The maximum absolute atomic E-state index is 13.3. The molecule has 0 atom stereocenters. The lowest BCUT2D eigenvalue weighted by Crippen LogP contribution is -2.25. The van der Waals surface area contributed by atoms with Crippen molar-refractivity contribution in [2.75, 3.05) is 25.1 Å². The van der Waals surface area contributed by atoms with Crippen molar-refractivity contribution in [3.05, 3.63) is 48.3 Å². The summed E-state index contributed by atoms with van der Waals surface area (Å²) in [5.74, 6) is -1.62. The number of ether oxygens (including phenoxy) is 3. The number of alkyl halides is 3. The summed E-state index contributed by atoms with van der Waals surface area (Å²) in [4.78, 5) is 22.9. The Morgan fingerprint density at radius 2 is 1.60 bits per heavy atom. The SMILES string of the molecule is O=C(O)COCC1CCC(COC(=O)Nc2ccc(OC(F)(F)F)cc2-c2ccc(F)cc2)CC1. The van der Waals surface area contributed by atoms with Crippen molar-refractivity contribution in [1.29, 1.82) is 0 Å². The average Bonchev–Trinajstić information content (AvgIpc) is 2.79. The van der Waals surface area contributed by atoms with Crippen molar-refractivity contribution in [2.24, 2.45) is 11.8 Å². The van der Waals surface area contributed by atoms with E-state index >= 15 is 0 Å². The first-order valence-corrected chi connectivity index (χ1v) is 11.0. The van der Waals surface area contributed by atoms with Crippen LogP contribution in [0.2, 0.25) is 0 Å². The predicted molar refractivity (Wildman–Crippen MR) is 117 cm³/mol. The van der Waals surface area contributed by atoms with E-state index in [0.29, 0.717) is 12.2 Å². The van der Waals surface area contributed by atoms with Crippen LogP contribution in [0.25, 0.3) is 11.1 Å². The summed E-state index contributed by atoms with van der Waals surface area (Å²) in [5, 5.41) is 11.2. The van der Waals surface area contributed by atoms with Gasteiger partial charge in [-0.05, 0) is 73.4 Å². The molecule has 3 rings (SSSR count). The fraction of sp³-hybridized carbons (Fsp3) is 0.417. The van der Waals surface area contributed by atoms with E-state index in [-0.39, 0.29) is 36.3 Å². The molecular weight excluding hydrogens is 474 g/mol. The molecule has 2 aromatic carbocycles. The van der Waals surface area contributed by atoms with Crippen LogP contribution in [0.1, 0.15) is 25.7 Å². The van der Waals surface area contributed by atoms with Gasteiger partial charge < -0.3 is 19.3 Å². The molecule has 1 fully saturated rings. The third kappa shape index (κ3) is 8.75. The largest absolute Gasteiger partial charge is 0.573 e. The number of carboxylic acid groups (broad SMARTS) is 1. The highest BCUT2D eigenvalue weighted by Crippen LogP contribution is 2.34. The standard InChI is InChI=1S/C24H25F4NO6/c25-18-7-5-17(6-8-18)20-11-19(35-24(26,27)28)9-10-21(20)29-23(32)34-13-16-3-1-15(2-4-16)12-33-14-22(30)31/h5-11,15-16H,1-4,12-14H2,(H,29,32)(H,30,31). The molecule has 0 saturated heterocycles. The van der Waals surface area contributed by atoms with Gasteiger partial charge in [-0.15, -0.1) is 13.2 Å². The molecule has 0 bridgehead atoms. The van der Waals surface area contributed by atoms with E-state index in [0.717, 1.165) is 49.9 Å². The maximum atomic E-state index is 13.3. The van der Waals surface area contributed by atoms with Crippen LogP contribution in [0, 0.1) is 17.7 Å². The number of aliphatic carboxylic acids is 1. The number of carbonyl (C=O) groups is 2. The first-order valence-electron chi connectivity index (χ1n) is 11.0. The maximum Gasteiger partial charge on any atom is 0.573 e. The number of hydrogen-bond donors (Lipinski definition) is 2. The molecule has 1 saturated carbocycles. The Labute approximate surface area is 199 Å². The summed E-state index contributed by atoms with van der Waals surface area (Å²) in [7, 11) is 0. The lowest BCUT2D eigenvalue weighted by molar-refractivity contribution is -0.274. The van der Waals surface area contributed by atoms with Gasteiger partial charge in [0.15, 0.2) is 0 Å². The molecule has 35 heavy (non-hydrogen) atoms. The minimum Gasteiger partial charge on any atom is -0.480 e. The van der Waals surface area contributed by atoms with Crippen LogP contribution in [-0.4, -0.2) is 43.4 Å². The minimum absolute atomic E-state index is 0.135. The summed E-state index contributed by atoms with van der Waals surface area (Å²) in [6.07, 6.45) is -2.44. The van der Waals surface area contributed by atoms with Gasteiger partial charge in [0.25, 0.3) is 0 Å². The van der Waals surface area contributed by atoms with Crippen molar-refractivity contribution in [3.8, 4) is 16.9 Å². The molecule has 0 unspecified atom stereocenters. The Hall–Kier alpha value is -3.34. The van der Waals surface area contributed by atoms with E-state index in [2.05, 4.69) is 10.1 Å². The number of benzene rings is 2. The molecule has 190 valence electrons. The number of amides is 1. The van der Waals surface area contributed by atoms with E-state index in [9.17, 15) is 27.2 Å². The first-order chi connectivity index (χ1) is 16.6. The van der Waals surface area contributed by atoms with Crippen LogP contribution in [0.5, 0.6) is 5.75 Å². The van der Waals surface area contributed by atoms with Gasteiger partial charge in [0.2, 0.25) is 0 Å². The fourth-order valence-corrected chi connectivity index (χ4v) is 3.92. The van der Waals surface area contributed by atoms with Crippen LogP contribution in [0.4, 0.5) is 28.0 Å². The number of anilines is 1. The van der Waals surface area contributed by atoms with Crippen molar-refractivity contribution in [1.82, 2.24) is 0 Å². The highest BCUT2D eigenvalue weighted by molar-refractivity contribution is 5.92. The third-order valence-electron chi connectivity index (χ3n) is 5.61. The topological polar surface area (TPSA) is 94.1 Å². The molecule has 7 nitrogen and oxygen atoms in total. The number of hydrogen-bond acceptors (Lipinski definition) is 5. The first kappa shape index (κ1) is 26.3. The summed E-state index contributed by atoms with van der Waals surface area (Å²) < 4.78 is 65.7. The predicted octanol–water partition coefficient (Wildman–Crippen LogP) is 5.85. The van der Waals surface area contributed by atoms with Crippen molar-refractivity contribution in [3.63, 3.8) is 0 Å². The Morgan fingerprint density at radius 3 is 2.20 bits per heavy atom. The van der Waals surface area contributed by atoms with Crippen LogP contribution in [0.3, 0.4) is 0 Å². The molecule has 2 aromatic rings. The lowest BCUT2D eigenvalue weighted by atomic mass is 9.83. The van der Waals surface area contributed by atoms with E-state index in [4.69, 9.17) is 14.6 Å². The fourth-order valence-electron chi connectivity index (χ4n) is 3.92. The van der Waals surface area contributed by atoms with Gasteiger partial charge in [0.1, 0.15) is 18.2 Å². The Bertz CT molecular complexity index is 1000. The number of rotatable bonds is 9. The van der Waals surface area contributed by atoms with Gasteiger partial charge in [-0.1, -0.05) is 12.1 Å². The second kappa shape index (κ2) is 11.9. The highest BCUT2D eigenvalue weighted by Gasteiger charge is 2.31. The van der Waals surface area contributed by atoms with Gasteiger partial charge in [0, 0.05) is 5.56 Å². The minimum atomic E-state index is -4.89. The number of carbonyl (C=O) groups excluding carboxylic acids is 1. The highest BCUT2D eigenvalue weighted by atomic mass is 19.4.